The molecule has 0 radical (unpaired) electrons. The van der Waals surface area contributed by atoms with Crippen molar-refractivity contribution in [3.63, 3.8) is 0 Å². The maximum Gasteiger partial charge on any atom is 0.281 e. The van der Waals surface area contributed by atoms with Crippen LogP contribution >= 0.6 is 11.6 Å². The third-order valence-corrected chi connectivity index (χ3v) is 5.79. The summed E-state index contributed by atoms with van der Waals surface area (Å²) in [4.78, 5) is 31.4. The van der Waals surface area contributed by atoms with E-state index in [4.69, 9.17) is 22.3 Å². The van der Waals surface area contributed by atoms with Crippen molar-refractivity contribution in [2.45, 2.75) is 13.0 Å². The van der Waals surface area contributed by atoms with Crippen LogP contribution in [0.4, 0.5) is 11.6 Å². The second-order valence-corrected chi connectivity index (χ2v) is 8.02. The Bertz CT molecular complexity index is 1370. The molecule has 0 saturated carbocycles. The van der Waals surface area contributed by atoms with Gasteiger partial charge in [-0.15, -0.1) is 0 Å². The molecule has 5 rings (SSSR count). The van der Waals surface area contributed by atoms with Crippen LogP contribution in [0.5, 0.6) is 0 Å². The van der Waals surface area contributed by atoms with Gasteiger partial charge in [-0.1, -0.05) is 17.7 Å². The maximum absolute atomic E-state index is 13.6. The van der Waals surface area contributed by atoms with Gasteiger partial charge < -0.3 is 21.4 Å². The monoisotopic (exact) mass is 451 g/mol. The molecule has 4 heterocycles. The van der Waals surface area contributed by atoms with Gasteiger partial charge in [0.15, 0.2) is 11.6 Å². The Labute approximate surface area is 188 Å². The summed E-state index contributed by atoms with van der Waals surface area (Å²) in [6, 6.07) is 8.41. The minimum atomic E-state index is -0.373. The molecule has 4 N–H and O–H groups in total. The van der Waals surface area contributed by atoms with Crippen LogP contribution < -0.4 is 26.9 Å². The number of piperazine rings is 1. The summed E-state index contributed by atoms with van der Waals surface area (Å²) in [5.41, 5.74) is 7.45. The highest BCUT2D eigenvalue weighted by molar-refractivity contribution is 6.35. The first-order valence-electron chi connectivity index (χ1n) is 10.3. The number of fused-ring (bicyclic) bond motifs is 2. The van der Waals surface area contributed by atoms with Gasteiger partial charge in [0.05, 0.1) is 27.5 Å². The molecule has 0 bridgehead atoms. The van der Waals surface area contributed by atoms with E-state index in [1.807, 2.05) is 11.9 Å². The number of nitrogens with zero attached hydrogens (tertiary/aromatic N) is 6. The fourth-order valence-corrected chi connectivity index (χ4v) is 4.19. The first-order chi connectivity index (χ1) is 15.5. The number of nitrogens with two attached hydrogens (primary N) is 1. The van der Waals surface area contributed by atoms with Crippen molar-refractivity contribution in [3.8, 4) is 0 Å². The van der Waals surface area contributed by atoms with Crippen LogP contribution in [0, 0.1) is 0 Å². The number of hydrogen-bond acceptors (Lipinski definition) is 9. The lowest BCUT2D eigenvalue weighted by Gasteiger charge is -2.33. The summed E-state index contributed by atoms with van der Waals surface area (Å²) in [7, 11) is 0. The average Bonchev–Trinajstić information content (AvgIpc) is 2.80. The Hall–Kier alpha value is -3.50. The molecular formula is C21H22ClN9O. The summed E-state index contributed by atoms with van der Waals surface area (Å²) < 4.78 is 1.64. The van der Waals surface area contributed by atoms with E-state index in [2.05, 4.69) is 25.6 Å². The van der Waals surface area contributed by atoms with Crippen molar-refractivity contribution in [2.75, 3.05) is 42.2 Å². The molecule has 164 valence electrons. The summed E-state index contributed by atoms with van der Waals surface area (Å²) in [5.74, 6) is 1.45. The maximum atomic E-state index is 13.6. The Morgan fingerprint density at radius 1 is 1.12 bits per heavy atom. The smallest absolute Gasteiger partial charge is 0.281 e. The SMILES string of the molecule is C[C@H](Nc1ncnc2ccc(N)nc12)c1nc2cccc(Cl)c2c(=O)n1N1CCNCC1. The quantitative estimate of drug-likeness (QED) is 0.424. The molecule has 1 aliphatic rings. The lowest BCUT2D eigenvalue weighted by molar-refractivity contribution is 0.461. The first kappa shape index (κ1) is 20.4. The summed E-state index contributed by atoms with van der Waals surface area (Å²) in [6.45, 7) is 4.82. The van der Waals surface area contributed by atoms with Crippen LogP contribution in [0.3, 0.4) is 0 Å². The van der Waals surface area contributed by atoms with E-state index in [0.717, 1.165) is 13.1 Å². The van der Waals surface area contributed by atoms with Gasteiger partial charge in [-0.3, -0.25) is 4.79 Å². The predicted octanol–water partition coefficient (Wildman–Crippen LogP) is 1.68. The van der Waals surface area contributed by atoms with E-state index < -0.39 is 0 Å². The first-order valence-corrected chi connectivity index (χ1v) is 10.7. The number of aromatic nitrogens is 5. The molecule has 10 nitrogen and oxygen atoms in total. The molecule has 1 aromatic carbocycles. The molecule has 1 saturated heterocycles. The normalized spacial score (nSPS) is 15.2. The summed E-state index contributed by atoms with van der Waals surface area (Å²) >= 11 is 6.38. The molecule has 0 aliphatic carbocycles. The van der Waals surface area contributed by atoms with Gasteiger partial charge in [0.25, 0.3) is 5.56 Å². The van der Waals surface area contributed by atoms with Crippen LogP contribution in [0.1, 0.15) is 18.8 Å². The van der Waals surface area contributed by atoms with E-state index in [0.29, 0.717) is 57.5 Å². The molecule has 3 aromatic heterocycles. The van der Waals surface area contributed by atoms with Crippen LogP contribution in [0.2, 0.25) is 5.02 Å². The van der Waals surface area contributed by atoms with Crippen molar-refractivity contribution in [2.24, 2.45) is 0 Å². The average molecular weight is 452 g/mol. The zero-order valence-corrected chi connectivity index (χ0v) is 18.2. The summed E-state index contributed by atoms with van der Waals surface area (Å²) in [6.07, 6.45) is 1.46. The fraction of sp³-hybridized carbons (Fsp3) is 0.286. The van der Waals surface area contributed by atoms with E-state index in [1.165, 1.54) is 6.33 Å². The summed E-state index contributed by atoms with van der Waals surface area (Å²) in [5, 5.41) is 9.45. The van der Waals surface area contributed by atoms with Gasteiger partial charge in [0, 0.05) is 26.2 Å². The molecule has 11 heteroatoms. The number of anilines is 2. The highest BCUT2D eigenvalue weighted by atomic mass is 35.5. The third-order valence-electron chi connectivity index (χ3n) is 5.47. The molecule has 1 atom stereocenters. The molecule has 1 aliphatic heterocycles. The zero-order valence-electron chi connectivity index (χ0n) is 17.4. The Morgan fingerprint density at radius 2 is 1.94 bits per heavy atom. The van der Waals surface area contributed by atoms with Gasteiger partial charge >= 0.3 is 0 Å². The van der Waals surface area contributed by atoms with Crippen molar-refractivity contribution >= 4 is 45.2 Å². The zero-order chi connectivity index (χ0) is 22.2. The van der Waals surface area contributed by atoms with Gasteiger partial charge in [-0.05, 0) is 31.2 Å². The van der Waals surface area contributed by atoms with Crippen molar-refractivity contribution in [3.05, 3.63) is 57.9 Å². The van der Waals surface area contributed by atoms with Gasteiger partial charge in [-0.25, -0.2) is 24.6 Å². The minimum absolute atomic E-state index is 0.193. The van der Waals surface area contributed by atoms with Gasteiger partial charge in [0.2, 0.25) is 0 Å². The van der Waals surface area contributed by atoms with Crippen LogP contribution in [-0.2, 0) is 0 Å². The molecule has 1 fully saturated rings. The predicted molar refractivity (Wildman–Crippen MR) is 126 cm³/mol. The third kappa shape index (κ3) is 3.57. The molecule has 0 amide bonds. The Kier molecular flexibility index (Phi) is 5.24. The number of nitrogen functional groups attached to an aromatic ring is 1. The number of halogens is 1. The molecule has 0 unspecified atom stereocenters. The van der Waals surface area contributed by atoms with Crippen molar-refractivity contribution in [1.82, 2.24) is 29.9 Å². The highest BCUT2D eigenvalue weighted by Crippen LogP contribution is 2.25. The van der Waals surface area contributed by atoms with Crippen molar-refractivity contribution in [1.29, 1.82) is 0 Å². The standard InChI is InChI=1S/C21H22ClN9O/c1-12(27-19-18-15(25-11-26-19)5-6-16(23)29-18)20-28-14-4-2-3-13(22)17(14)21(32)31(20)30-9-7-24-8-10-30/h2-6,11-12,24H,7-10H2,1H3,(H2,23,29)(H,25,26,27)/t12-/m0/s1. The van der Waals surface area contributed by atoms with E-state index in [9.17, 15) is 4.79 Å². The molecule has 0 spiro atoms. The number of pyridine rings is 1. The second-order valence-electron chi connectivity index (χ2n) is 7.62. The number of benzene rings is 1. The number of rotatable bonds is 4. The minimum Gasteiger partial charge on any atom is -0.384 e. The lowest BCUT2D eigenvalue weighted by Crippen LogP contribution is -2.54. The largest absolute Gasteiger partial charge is 0.384 e. The van der Waals surface area contributed by atoms with E-state index >= 15 is 0 Å². The fourth-order valence-electron chi connectivity index (χ4n) is 3.94. The van der Waals surface area contributed by atoms with Crippen LogP contribution in [0.15, 0.2) is 41.5 Å². The molecule has 32 heavy (non-hydrogen) atoms. The van der Waals surface area contributed by atoms with Gasteiger partial charge in [0.1, 0.15) is 17.7 Å². The van der Waals surface area contributed by atoms with E-state index in [1.54, 1.807) is 35.0 Å². The molecule has 4 aromatic rings. The van der Waals surface area contributed by atoms with Gasteiger partial charge in [-0.2, -0.15) is 0 Å². The topological polar surface area (TPSA) is 127 Å². The van der Waals surface area contributed by atoms with E-state index in [-0.39, 0.29) is 11.6 Å². The van der Waals surface area contributed by atoms with Crippen LogP contribution in [0.25, 0.3) is 21.9 Å². The highest BCUT2D eigenvalue weighted by Gasteiger charge is 2.24. The number of hydrogen-bond donors (Lipinski definition) is 3. The number of nitrogens with one attached hydrogen (secondary N) is 2. The second kappa shape index (κ2) is 8.21. The van der Waals surface area contributed by atoms with Crippen molar-refractivity contribution < 1.29 is 0 Å². The Balaban J connectivity index is 1.64. The molecular weight excluding hydrogens is 430 g/mol. The van der Waals surface area contributed by atoms with Crippen LogP contribution in [-0.4, -0.2) is 50.8 Å². The lowest BCUT2D eigenvalue weighted by atomic mass is 10.2. The Morgan fingerprint density at radius 3 is 2.75 bits per heavy atom.